The minimum Gasteiger partial charge on any atom is -0.495 e. The number of aromatic carboxylic acids is 1. The lowest BCUT2D eigenvalue weighted by Crippen LogP contribution is -2.43. The Hall–Kier alpha value is -3.99. The zero-order valence-corrected chi connectivity index (χ0v) is 21.3. The van der Waals surface area contributed by atoms with E-state index in [1.54, 1.807) is 24.4 Å². The molecule has 5 rings (SSSR count). The first kappa shape index (κ1) is 24.7. The van der Waals surface area contributed by atoms with Crippen molar-refractivity contribution in [3.05, 3.63) is 46.8 Å². The number of carboxylic acids is 1. The van der Waals surface area contributed by atoms with Crippen molar-refractivity contribution in [1.82, 2.24) is 25.3 Å². The van der Waals surface area contributed by atoms with Crippen LogP contribution in [-0.2, 0) is 11.8 Å². The number of nitrogens with one attached hydrogen (secondary N) is 2. The van der Waals surface area contributed by atoms with Crippen LogP contribution in [0.2, 0.25) is 0 Å². The van der Waals surface area contributed by atoms with E-state index >= 15 is 0 Å². The minimum absolute atomic E-state index is 0.0994. The summed E-state index contributed by atoms with van der Waals surface area (Å²) >= 11 is 0. The number of rotatable bonds is 6. The summed E-state index contributed by atoms with van der Waals surface area (Å²) in [6.45, 7) is 5.93. The van der Waals surface area contributed by atoms with E-state index < -0.39 is 11.4 Å². The van der Waals surface area contributed by atoms with Gasteiger partial charge in [0.25, 0.3) is 5.91 Å². The molecule has 3 N–H and O–H groups in total. The smallest absolute Gasteiger partial charge is 0.358 e. The predicted octanol–water partition coefficient (Wildman–Crippen LogP) is 3.24. The Labute approximate surface area is 214 Å². The van der Waals surface area contributed by atoms with Crippen LogP contribution in [0.25, 0.3) is 11.5 Å². The molecule has 0 atom stereocenters. The van der Waals surface area contributed by atoms with E-state index in [-0.39, 0.29) is 23.6 Å². The third-order valence-electron chi connectivity index (χ3n) is 7.11. The summed E-state index contributed by atoms with van der Waals surface area (Å²) in [6.07, 6.45) is 4.01. The lowest BCUT2D eigenvalue weighted by Gasteiger charge is -2.30. The highest BCUT2D eigenvalue weighted by atomic mass is 16.5. The molecule has 0 saturated carbocycles. The Kier molecular flexibility index (Phi) is 6.32. The molecule has 1 aliphatic heterocycles. The van der Waals surface area contributed by atoms with Crippen molar-refractivity contribution < 1.29 is 24.0 Å². The minimum atomic E-state index is -1.14. The van der Waals surface area contributed by atoms with Gasteiger partial charge in [-0.1, -0.05) is 19.0 Å². The van der Waals surface area contributed by atoms with E-state index in [9.17, 15) is 14.7 Å². The number of fused-ring (bicyclic) bond motifs is 3. The van der Waals surface area contributed by atoms with Crippen LogP contribution in [0.1, 0.15) is 58.7 Å². The summed E-state index contributed by atoms with van der Waals surface area (Å²) in [7, 11) is 3.61. The maximum atomic E-state index is 12.8. The average molecular weight is 507 g/mol. The monoisotopic (exact) mass is 506 g/mol. The average Bonchev–Trinajstić information content (AvgIpc) is 3.29. The molecule has 0 spiro atoms. The molecule has 2 aromatic heterocycles. The Morgan fingerprint density at radius 2 is 2.00 bits per heavy atom. The van der Waals surface area contributed by atoms with Gasteiger partial charge in [-0.2, -0.15) is 0 Å². The number of nitrogens with zero attached hydrogens (tertiary/aromatic N) is 4. The van der Waals surface area contributed by atoms with Crippen molar-refractivity contribution in [3.8, 4) is 17.2 Å². The highest BCUT2D eigenvalue weighted by molar-refractivity contribution is 5.95. The van der Waals surface area contributed by atoms with Gasteiger partial charge in [0, 0.05) is 28.9 Å². The number of hydrogen-bond acceptors (Lipinski definition) is 9. The van der Waals surface area contributed by atoms with Crippen molar-refractivity contribution >= 4 is 23.5 Å². The number of carbonyl (C=O) groups is 2. The van der Waals surface area contributed by atoms with E-state index in [2.05, 4.69) is 37.7 Å². The highest BCUT2D eigenvalue weighted by Crippen LogP contribution is 2.43. The number of aromatic nitrogens is 3. The van der Waals surface area contributed by atoms with Crippen LogP contribution in [0.15, 0.2) is 28.9 Å². The molecule has 2 aliphatic rings. The van der Waals surface area contributed by atoms with Crippen molar-refractivity contribution in [3.63, 3.8) is 0 Å². The predicted molar refractivity (Wildman–Crippen MR) is 135 cm³/mol. The number of carbonyl (C=O) groups excluding carboxylic acids is 1. The Morgan fingerprint density at radius 1 is 1.24 bits per heavy atom. The van der Waals surface area contributed by atoms with Gasteiger partial charge in [-0.15, -0.1) is 0 Å². The van der Waals surface area contributed by atoms with Gasteiger partial charge in [-0.3, -0.25) is 4.79 Å². The molecule has 1 aromatic carbocycles. The van der Waals surface area contributed by atoms with E-state index in [0.29, 0.717) is 40.4 Å². The second kappa shape index (κ2) is 9.47. The molecule has 1 fully saturated rings. The molecule has 11 heteroatoms. The topological polar surface area (TPSA) is 143 Å². The van der Waals surface area contributed by atoms with Crippen LogP contribution >= 0.6 is 0 Å². The van der Waals surface area contributed by atoms with Gasteiger partial charge in [-0.25, -0.2) is 14.8 Å². The second-order valence-electron chi connectivity index (χ2n) is 10.3. The summed E-state index contributed by atoms with van der Waals surface area (Å²) in [5.41, 5.74) is 2.43. The second-order valence-corrected chi connectivity index (χ2v) is 10.3. The van der Waals surface area contributed by atoms with Crippen LogP contribution < -0.4 is 15.4 Å². The molecule has 194 valence electrons. The summed E-state index contributed by atoms with van der Waals surface area (Å²) in [5, 5.41) is 19.5. The molecular weight excluding hydrogens is 476 g/mol. The van der Waals surface area contributed by atoms with E-state index in [1.165, 1.54) is 7.11 Å². The van der Waals surface area contributed by atoms with Crippen LogP contribution in [0.3, 0.4) is 0 Å². The number of anilines is 2. The van der Waals surface area contributed by atoms with Crippen LogP contribution in [0.4, 0.5) is 11.6 Å². The van der Waals surface area contributed by atoms with Gasteiger partial charge in [0.2, 0.25) is 5.95 Å². The normalized spacial score (nSPS) is 17.0. The molecule has 3 aromatic rings. The van der Waals surface area contributed by atoms with Gasteiger partial charge >= 0.3 is 5.97 Å². The quantitative estimate of drug-likeness (QED) is 0.456. The Morgan fingerprint density at radius 3 is 2.70 bits per heavy atom. The fraction of sp³-hybridized carbons (Fsp3) is 0.423. The lowest BCUT2D eigenvalue weighted by molar-refractivity contribution is 0.0684. The molecule has 0 radical (unpaired) electrons. The van der Waals surface area contributed by atoms with Crippen LogP contribution in [0.5, 0.6) is 5.75 Å². The number of methoxy groups -OCH3 is 1. The van der Waals surface area contributed by atoms with Crippen LogP contribution in [0, 0.1) is 0 Å². The molecule has 1 aliphatic carbocycles. The van der Waals surface area contributed by atoms with Crippen molar-refractivity contribution in [1.29, 1.82) is 0 Å². The highest BCUT2D eigenvalue weighted by Gasteiger charge is 2.38. The third-order valence-corrected chi connectivity index (χ3v) is 7.11. The molecule has 11 nitrogen and oxygen atoms in total. The summed E-state index contributed by atoms with van der Waals surface area (Å²) in [4.78, 5) is 35.8. The van der Waals surface area contributed by atoms with E-state index in [1.807, 2.05) is 13.8 Å². The van der Waals surface area contributed by atoms with Crippen molar-refractivity contribution in [2.24, 2.45) is 0 Å². The number of likely N-dealkylation sites (tertiary alicyclic amines) is 1. The lowest BCUT2D eigenvalue weighted by atomic mass is 9.74. The molecule has 37 heavy (non-hydrogen) atoms. The fourth-order valence-electron chi connectivity index (χ4n) is 4.95. The number of hydrogen-bond donors (Lipinski definition) is 3. The number of ether oxygens (including phenoxy) is 1. The Bertz CT molecular complexity index is 1360. The molecule has 0 bridgehead atoms. The number of amides is 1. The first-order valence-electron chi connectivity index (χ1n) is 12.2. The summed E-state index contributed by atoms with van der Waals surface area (Å²) < 4.78 is 11.0. The number of carboxylic acid groups (broad SMARTS) is 1. The summed E-state index contributed by atoms with van der Waals surface area (Å²) in [5.74, 6) is -0.200. The standard InChI is InChI=1S/C26H30N6O5/c1-26(2)12-16-20(24(34)35)31-37-22(16)21-17(26)13-27-25(30-21)29-18-6-5-14(11-19(18)36-4)23(33)28-15-7-9-32(3)10-8-15/h5-6,11,13,15H,7-10,12H2,1-4H3,(H,28,33)(H,34,35)(H,27,29,30). The van der Waals surface area contributed by atoms with E-state index in [4.69, 9.17) is 9.26 Å². The van der Waals surface area contributed by atoms with Crippen molar-refractivity contribution in [2.75, 3.05) is 32.6 Å². The third kappa shape index (κ3) is 4.74. The molecule has 3 heterocycles. The SMILES string of the molecule is COc1cc(C(=O)NC2CCN(C)CC2)ccc1Nc1ncc2c(n1)-c1onc(C(=O)O)c1CC2(C)C. The Balaban J connectivity index is 1.39. The first-order valence-corrected chi connectivity index (χ1v) is 12.2. The van der Waals surface area contributed by atoms with E-state index in [0.717, 1.165) is 31.5 Å². The molecule has 1 saturated heterocycles. The maximum Gasteiger partial charge on any atom is 0.358 e. The van der Waals surface area contributed by atoms with Gasteiger partial charge in [-0.05, 0) is 63.0 Å². The van der Waals surface area contributed by atoms with Crippen LogP contribution in [-0.4, -0.2) is 70.3 Å². The fourth-order valence-corrected chi connectivity index (χ4v) is 4.95. The number of piperidine rings is 1. The van der Waals surface area contributed by atoms with Gasteiger partial charge in [0.15, 0.2) is 11.5 Å². The summed E-state index contributed by atoms with van der Waals surface area (Å²) in [6, 6.07) is 5.31. The first-order chi connectivity index (χ1) is 17.7. The number of benzene rings is 1. The molecule has 1 amide bonds. The van der Waals surface area contributed by atoms with Gasteiger partial charge in [0.05, 0.1) is 12.8 Å². The van der Waals surface area contributed by atoms with Gasteiger partial charge in [0.1, 0.15) is 11.4 Å². The maximum absolute atomic E-state index is 12.8. The zero-order valence-electron chi connectivity index (χ0n) is 21.3. The zero-order chi connectivity index (χ0) is 26.3. The molecule has 0 unspecified atom stereocenters. The largest absolute Gasteiger partial charge is 0.495 e. The molecular formula is C26H30N6O5. The van der Waals surface area contributed by atoms with Crippen molar-refractivity contribution in [2.45, 2.75) is 44.6 Å². The van der Waals surface area contributed by atoms with Gasteiger partial charge < -0.3 is 29.9 Å².